The van der Waals surface area contributed by atoms with Crippen molar-refractivity contribution >= 4 is 17.5 Å². The highest BCUT2D eigenvalue weighted by Crippen LogP contribution is 2.18. The maximum Gasteiger partial charge on any atom is 0.160 e. The summed E-state index contributed by atoms with van der Waals surface area (Å²) < 4.78 is 0. The van der Waals surface area contributed by atoms with Gasteiger partial charge in [0.25, 0.3) is 0 Å². The number of allylic oxidation sites excluding steroid dienone is 3. The molecule has 0 bridgehead atoms. The maximum atomic E-state index is 10.9. The highest BCUT2D eigenvalue weighted by molar-refractivity contribution is 8.02. The van der Waals surface area contributed by atoms with Crippen molar-refractivity contribution in [3.8, 4) is 0 Å². The predicted octanol–water partition coefficient (Wildman–Crippen LogP) is 2.56. The molecule has 0 aromatic carbocycles. The number of thioether (sulfide) groups is 1. The summed E-state index contributed by atoms with van der Waals surface area (Å²) in [6.07, 6.45) is 5.14. The minimum Gasteiger partial charge on any atom is -0.294 e. The van der Waals surface area contributed by atoms with Gasteiger partial charge >= 0.3 is 0 Å². The lowest BCUT2D eigenvalue weighted by atomic mass is 10.2. The van der Waals surface area contributed by atoms with Crippen molar-refractivity contribution in [2.75, 3.05) is 6.26 Å². The molecule has 0 aromatic heterocycles. The molecule has 60 valence electrons. The molecule has 0 unspecified atom stereocenters. The van der Waals surface area contributed by atoms with Crippen molar-refractivity contribution in [2.45, 2.75) is 6.92 Å². The number of ketones is 1. The van der Waals surface area contributed by atoms with Gasteiger partial charge in [0, 0.05) is 10.5 Å². The standard InChI is InChI=1S/C9H12OS/c1-5-8(7(3)10)9(6-2)11-4/h5-6H,1-2H2,3-4H3/b9-8-. The summed E-state index contributed by atoms with van der Waals surface area (Å²) >= 11 is 1.50. The van der Waals surface area contributed by atoms with E-state index in [0.29, 0.717) is 5.57 Å². The van der Waals surface area contributed by atoms with Gasteiger partial charge in [0.2, 0.25) is 0 Å². The second kappa shape index (κ2) is 4.97. The van der Waals surface area contributed by atoms with E-state index in [-0.39, 0.29) is 5.78 Å². The lowest BCUT2D eigenvalue weighted by Crippen LogP contribution is -1.95. The molecule has 1 nitrogen and oxygen atoms in total. The SMILES string of the molecule is C=C/C(SC)=C(\C=C)C(C)=O. The second-order valence-electron chi connectivity index (χ2n) is 1.95. The van der Waals surface area contributed by atoms with Crippen LogP contribution in [0.15, 0.2) is 35.8 Å². The highest BCUT2D eigenvalue weighted by Gasteiger charge is 2.03. The largest absolute Gasteiger partial charge is 0.294 e. The quantitative estimate of drug-likeness (QED) is 0.474. The summed E-state index contributed by atoms with van der Waals surface area (Å²) in [7, 11) is 0. The third-order valence-corrected chi connectivity index (χ3v) is 2.08. The lowest BCUT2D eigenvalue weighted by Gasteiger charge is -2.00. The van der Waals surface area contributed by atoms with Crippen LogP contribution in [0.25, 0.3) is 0 Å². The van der Waals surface area contributed by atoms with Crippen LogP contribution in [0.2, 0.25) is 0 Å². The number of rotatable bonds is 4. The number of hydrogen-bond donors (Lipinski definition) is 0. The van der Waals surface area contributed by atoms with Gasteiger partial charge in [0.05, 0.1) is 0 Å². The molecule has 0 spiro atoms. The number of hydrogen-bond acceptors (Lipinski definition) is 2. The zero-order valence-electron chi connectivity index (χ0n) is 6.89. The molecular formula is C9H12OS. The van der Waals surface area contributed by atoms with Gasteiger partial charge in [0.15, 0.2) is 5.78 Å². The summed E-state index contributed by atoms with van der Waals surface area (Å²) in [5.74, 6) is 0.0317. The van der Waals surface area contributed by atoms with Gasteiger partial charge in [-0.25, -0.2) is 0 Å². The second-order valence-corrected chi connectivity index (χ2v) is 2.79. The van der Waals surface area contributed by atoms with E-state index in [1.807, 2.05) is 6.26 Å². The van der Waals surface area contributed by atoms with E-state index in [2.05, 4.69) is 13.2 Å². The van der Waals surface area contributed by atoms with Crippen molar-refractivity contribution in [2.24, 2.45) is 0 Å². The van der Waals surface area contributed by atoms with Crippen molar-refractivity contribution < 1.29 is 4.79 Å². The fourth-order valence-electron chi connectivity index (χ4n) is 0.721. The Hall–Kier alpha value is -0.760. The van der Waals surface area contributed by atoms with Crippen LogP contribution in [-0.4, -0.2) is 12.0 Å². The average molecular weight is 168 g/mol. The van der Waals surface area contributed by atoms with E-state index in [0.717, 1.165) is 4.91 Å². The van der Waals surface area contributed by atoms with Crippen molar-refractivity contribution in [3.63, 3.8) is 0 Å². The smallest absolute Gasteiger partial charge is 0.160 e. The Morgan fingerprint density at radius 3 is 2.00 bits per heavy atom. The minimum atomic E-state index is 0.0317. The zero-order valence-corrected chi connectivity index (χ0v) is 7.70. The molecule has 0 heterocycles. The van der Waals surface area contributed by atoms with E-state index < -0.39 is 0 Å². The van der Waals surface area contributed by atoms with Crippen molar-refractivity contribution in [1.29, 1.82) is 0 Å². The molecule has 0 aliphatic rings. The Morgan fingerprint density at radius 2 is 1.91 bits per heavy atom. The molecule has 0 amide bonds. The molecule has 0 aliphatic carbocycles. The Labute approximate surface area is 71.9 Å². The van der Waals surface area contributed by atoms with E-state index >= 15 is 0 Å². The molecule has 0 radical (unpaired) electrons. The first-order valence-corrected chi connectivity index (χ1v) is 4.44. The van der Waals surface area contributed by atoms with E-state index in [1.165, 1.54) is 18.7 Å². The molecular weight excluding hydrogens is 156 g/mol. The van der Waals surface area contributed by atoms with Crippen LogP contribution in [0.3, 0.4) is 0 Å². The fraction of sp³-hybridized carbons (Fsp3) is 0.222. The zero-order chi connectivity index (χ0) is 8.85. The van der Waals surface area contributed by atoms with Crippen LogP contribution in [0, 0.1) is 0 Å². The number of carbonyl (C=O) groups is 1. The normalized spacial score (nSPS) is 11.8. The Bertz CT molecular complexity index is 214. The van der Waals surface area contributed by atoms with Gasteiger partial charge in [0.1, 0.15) is 0 Å². The van der Waals surface area contributed by atoms with Crippen LogP contribution in [0.4, 0.5) is 0 Å². The summed E-state index contributed by atoms with van der Waals surface area (Å²) in [5.41, 5.74) is 0.646. The monoisotopic (exact) mass is 168 g/mol. The fourth-order valence-corrected chi connectivity index (χ4v) is 1.33. The minimum absolute atomic E-state index is 0.0317. The molecule has 0 fully saturated rings. The first-order valence-electron chi connectivity index (χ1n) is 3.21. The van der Waals surface area contributed by atoms with Crippen LogP contribution in [0.1, 0.15) is 6.92 Å². The van der Waals surface area contributed by atoms with Crippen molar-refractivity contribution in [1.82, 2.24) is 0 Å². The molecule has 0 saturated heterocycles. The average Bonchev–Trinajstić information content (AvgIpc) is 1.99. The van der Waals surface area contributed by atoms with Gasteiger partial charge in [-0.1, -0.05) is 25.3 Å². The van der Waals surface area contributed by atoms with Crippen LogP contribution >= 0.6 is 11.8 Å². The molecule has 0 aliphatic heterocycles. The molecule has 0 aromatic rings. The molecule has 0 N–H and O–H groups in total. The first kappa shape index (κ1) is 10.2. The van der Waals surface area contributed by atoms with E-state index in [1.54, 1.807) is 12.2 Å². The van der Waals surface area contributed by atoms with Crippen LogP contribution in [0.5, 0.6) is 0 Å². The van der Waals surface area contributed by atoms with Gasteiger partial charge in [-0.15, -0.1) is 11.8 Å². The third kappa shape index (κ3) is 2.76. The Morgan fingerprint density at radius 1 is 1.36 bits per heavy atom. The Balaban J connectivity index is 4.92. The molecule has 11 heavy (non-hydrogen) atoms. The maximum absolute atomic E-state index is 10.9. The highest BCUT2D eigenvalue weighted by atomic mass is 32.2. The first-order chi connectivity index (χ1) is 5.17. The van der Waals surface area contributed by atoms with Crippen LogP contribution in [-0.2, 0) is 4.79 Å². The summed E-state index contributed by atoms with van der Waals surface area (Å²) in [4.78, 5) is 11.8. The number of carbonyl (C=O) groups excluding carboxylic acids is 1. The number of Topliss-reactive ketones (excluding diaryl/α,β-unsaturated/α-hetero) is 1. The molecule has 0 rings (SSSR count). The topological polar surface area (TPSA) is 17.1 Å². The summed E-state index contributed by atoms with van der Waals surface area (Å²) in [6.45, 7) is 8.69. The van der Waals surface area contributed by atoms with E-state index in [4.69, 9.17) is 0 Å². The summed E-state index contributed by atoms with van der Waals surface area (Å²) in [6, 6.07) is 0. The van der Waals surface area contributed by atoms with Gasteiger partial charge < -0.3 is 0 Å². The lowest BCUT2D eigenvalue weighted by molar-refractivity contribution is -0.113. The van der Waals surface area contributed by atoms with Gasteiger partial charge in [-0.3, -0.25) is 4.79 Å². The van der Waals surface area contributed by atoms with Gasteiger partial charge in [-0.05, 0) is 13.2 Å². The van der Waals surface area contributed by atoms with Crippen molar-refractivity contribution in [3.05, 3.63) is 35.8 Å². The van der Waals surface area contributed by atoms with E-state index in [9.17, 15) is 4.79 Å². The van der Waals surface area contributed by atoms with Crippen LogP contribution < -0.4 is 0 Å². The molecule has 0 saturated carbocycles. The molecule has 0 atom stereocenters. The predicted molar refractivity (Wildman–Crippen MR) is 51.6 cm³/mol. The third-order valence-electron chi connectivity index (χ3n) is 1.25. The Kier molecular flexibility index (Phi) is 4.62. The summed E-state index contributed by atoms with van der Waals surface area (Å²) in [5, 5.41) is 0. The van der Waals surface area contributed by atoms with Gasteiger partial charge in [-0.2, -0.15) is 0 Å². The molecule has 2 heteroatoms.